The van der Waals surface area contributed by atoms with E-state index >= 15 is 0 Å². The first kappa shape index (κ1) is 56.0. The van der Waals surface area contributed by atoms with E-state index in [2.05, 4.69) is 60.9 Å². The summed E-state index contributed by atoms with van der Waals surface area (Å²) in [5, 5.41) is 14.1. The van der Waals surface area contributed by atoms with Crippen molar-refractivity contribution in [2.45, 2.75) is 110 Å². The highest BCUT2D eigenvalue weighted by atomic mass is 35.5. The Balaban J connectivity index is 0.000000220. The molecule has 0 unspecified atom stereocenters. The third kappa shape index (κ3) is 16.4. The largest absolute Gasteiger partial charge is 0.496 e. The molecule has 404 valence electrons. The molecule has 20 heteroatoms. The zero-order valence-corrected chi connectivity index (χ0v) is 47.2. The van der Waals surface area contributed by atoms with E-state index < -0.39 is 0 Å². The van der Waals surface area contributed by atoms with Crippen molar-refractivity contribution in [2.75, 3.05) is 101 Å². The monoisotopic (exact) mass is 1100 g/mol. The lowest BCUT2D eigenvalue weighted by Gasteiger charge is -2.37. The van der Waals surface area contributed by atoms with Gasteiger partial charge in [0.15, 0.2) is 0 Å². The van der Waals surface area contributed by atoms with E-state index in [9.17, 15) is 4.79 Å². The first-order valence-electron chi connectivity index (χ1n) is 26.9. The van der Waals surface area contributed by atoms with E-state index in [0.29, 0.717) is 89.4 Å². The molecule has 75 heavy (non-hydrogen) atoms. The van der Waals surface area contributed by atoms with Gasteiger partial charge < -0.3 is 45.4 Å². The average molecular weight is 1100 g/mol. The van der Waals surface area contributed by atoms with Gasteiger partial charge in [0.2, 0.25) is 41.6 Å². The van der Waals surface area contributed by atoms with Gasteiger partial charge in [-0.25, -0.2) is 0 Å². The summed E-state index contributed by atoms with van der Waals surface area (Å²) in [6.45, 7) is 9.24. The number of carbonyl (C=O) groups is 1. The van der Waals surface area contributed by atoms with Gasteiger partial charge in [-0.1, -0.05) is 86.0 Å². The Bertz CT molecular complexity index is 2580. The molecule has 2 aromatic heterocycles. The van der Waals surface area contributed by atoms with Gasteiger partial charge in [-0.15, -0.1) is 0 Å². The van der Waals surface area contributed by atoms with Crippen LogP contribution in [0.25, 0.3) is 0 Å². The summed E-state index contributed by atoms with van der Waals surface area (Å²) in [5.74, 6) is 10.6. The highest BCUT2D eigenvalue weighted by Gasteiger charge is 2.30. The number of halogens is 2. The van der Waals surface area contributed by atoms with Gasteiger partial charge in [0.25, 0.3) is 0 Å². The summed E-state index contributed by atoms with van der Waals surface area (Å²) in [7, 11) is 3.33. The summed E-state index contributed by atoms with van der Waals surface area (Å²) in [6, 6.07) is 21.8. The second-order valence-corrected chi connectivity index (χ2v) is 22.9. The minimum Gasteiger partial charge on any atom is -0.496 e. The molecule has 2 saturated heterocycles. The second-order valence-electron chi connectivity index (χ2n) is 19.6. The van der Waals surface area contributed by atoms with Gasteiger partial charge in [0.1, 0.15) is 11.5 Å². The molecule has 0 radical (unpaired) electrons. The van der Waals surface area contributed by atoms with Crippen LogP contribution in [-0.4, -0.2) is 118 Å². The highest BCUT2D eigenvalue weighted by molar-refractivity contribution is 7.99. The van der Waals surface area contributed by atoms with Crippen LogP contribution in [0.4, 0.5) is 47.1 Å². The lowest BCUT2D eigenvalue weighted by molar-refractivity contribution is -0.120. The van der Waals surface area contributed by atoms with Crippen LogP contribution in [0.3, 0.4) is 0 Å². The number of hydrogen-bond acceptors (Lipinski definition) is 17. The van der Waals surface area contributed by atoms with Crippen molar-refractivity contribution >= 4 is 99.7 Å². The first-order valence-corrected chi connectivity index (χ1v) is 29.9. The molecule has 16 nitrogen and oxygen atoms in total. The lowest BCUT2D eigenvalue weighted by Crippen LogP contribution is -2.41. The van der Waals surface area contributed by atoms with Crippen LogP contribution in [0.15, 0.2) is 66.7 Å². The molecule has 4 aliphatic rings. The smallest absolute Gasteiger partial charge is 0.233 e. The molecule has 2 atom stereocenters. The number of methoxy groups -OCH3 is 1. The topological polar surface area (TPSA) is 171 Å². The molecule has 2 saturated carbocycles. The van der Waals surface area contributed by atoms with Crippen LogP contribution in [0.1, 0.15) is 96.5 Å². The number of rotatable bonds is 20. The quantitative estimate of drug-likeness (QED) is 0.0542. The van der Waals surface area contributed by atoms with Crippen molar-refractivity contribution in [1.29, 1.82) is 0 Å². The number of nitrogens with zero attached hydrogens (tertiary/aromatic N) is 9. The molecule has 4 fully saturated rings. The molecule has 2 aliphatic heterocycles. The van der Waals surface area contributed by atoms with Crippen molar-refractivity contribution in [3.8, 4) is 11.5 Å². The van der Waals surface area contributed by atoms with Gasteiger partial charge in [0.05, 0.1) is 35.1 Å². The number of thioether (sulfide) groups is 2. The maximum atomic E-state index is 11.6. The number of aromatic nitrogens is 6. The summed E-state index contributed by atoms with van der Waals surface area (Å²) < 4.78 is 11.8. The summed E-state index contributed by atoms with van der Waals surface area (Å²) in [5.41, 5.74) is 2.56. The van der Waals surface area contributed by atoms with Crippen molar-refractivity contribution in [3.63, 3.8) is 0 Å². The molecule has 3 aromatic carbocycles. The lowest BCUT2D eigenvalue weighted by atomic mass is 9.84. The SMILES string of the molecule is CNC(=O)CCCOc1ccc(CN(c2nc(Nc3ccccc3Cl)nc(N3CCSCC3)n2)[C@@H](C)C2CCCCC2)c(OC)c1.C[C@H](Nc1nc(Nc2ccccc2Cl)nc(N2CCSCC2)n1)C1CCCCC1. The fraction of sp³-hybridized carbons (Fsp3) is 0.545. The Kier molecular flexibility index (Phi) is 21.5. The normalized spacial score (nSPS) is 17.2. The number of nitrogens with one attached hydrogen (secondary N) is 4. The minimum absolute atomic E-state index is 0.00888. The fourth-order valence-electron chi connectivity index (χ4n) is 10.1. The van der Waals surface area contributed by atoms with Crippen LogP contribution in [0.2, 0.25) is 10.0 Å². The number of para-hydroxylation sites is 2. The van der Waals surface area contributed by atoms with Crippen LogP contribution < -0.4 is 45.4 Å². The molecule has 1 amide bonds. The molecule has 0 bridgehead atoms. The molecule has 4 N–H and O–H groups in total. The maximum absolute atomic E-state index is 11.6. The van der Waals surface area contributed by atoms with Crippen LogP contribution in [0.5, 0.6) is 11.5 Å². The van der Waals surface area contributed by atoms with E-state index in [0.717, 1.165) is 77.8 Å². The maximum Gasteiger partial charge on any atom is 0.233 e. The molecule has 0 spiro atoms. The Morgan fingerprint density at radius 3 is 1.83 bits per heavy atom. The third-order valence-corrected chi connectivity index (χ3v) is 17.1. The molecule has 4 heterocycles. The Morgan fingerprint density at radius 1 is 0.707 bits per heavy atom. The second kappa shape index (κ2) is 28.8. The molecule has 5 aromatic rings. The standard InChI is InChI=1S/C34H46ClN7O3S.C21H29ClN6S/c1-24(25-10-5-4-6-11-25)42(23-26-15-16-27(22-30(26)44-3)45-19-9-14-31(43)36-2)34-39-32(37-29-13-8-7-12-28(29)35)38-33(40-34)41-17-20-46-21-18-41;1-15(16-7-3-2-4-8-16)23-19-25-20(24-18-10-6-5-9-17(18)22)27-21(26-19)28-11-13-29-14-12-28/h7-8,12-13,15-16,22,24-25H,4-6,9-11,14,17-21,23H2,1-3H3,(H,36,43)(H,37,38,39,40);5-6,9-10,15-16H,2-4,7-8,11-14H2,1H3,(H2,23,24,25,26,27)/t24-;15-/m00/s1. The van der Waals surface area contributed by atoms with Gasteiger partial charge in [-0.05, 0) is 94.2 Å². The predicted octanol–water partition coefficient (Wildman–Crippen LogP) is 11.9. The average Bonchev–Trinajstić information content (AvgIpc) is 3.46. The van der Waals surface area contributed by atoms with E-state index in [1.165, 1.54) is 64.2 Å². The van der Waals surface area contributed by atoms with Crippen molar-refractivity contribution in [3.05, 3.63) is 82.3 Å². The first-order chi connectivity index (χ1) is 36.6. The Morgan fingerprint density at radius 2 is 1.25 bits per heavy atom. The molecule has 9 rings (SSSR count). The molecular formula is C55H75Cl2N13O3S2. The van der Waals surface area contributed by atoms with E-state index in [-0.39, 0.29) is 11.9 Å². The zero-order chi connectivity index (χ0) is 52.4. The van der Waals surface area contributed by atoms with Crippen LogP contribution >= 0.6 is 46.7 Å². The van der Waals surface area contributed by atoms with E-state index in [1.807, 2.05) is 84.2 Å². The summed E-state index contributed by atoms with van der Waals surface area (Å²) in [4.78, 5) is 47.6. The van der Waals surface area contributed by atoms with Gasteiger partial charge >= 0.3 is 0 Å². The van der Waals surface area contributed by atoms with Crippen LogP contribution in [-0.2, 0) is 11.3 Å². The number of ether oxygens (including phenoxy) is 2. The van der Waals surface area contributed by atoms with Crippen molar-refractivity contribution < 1.29 is 14.3 Å². The van der Waals surface area contributed by atoms with E-state index in [1.54, 1.807) is 14.2 Å². The highest BCUT2D eigenvalue weighted by Crippen LogP contribution is 2.36. The van der Waals surface area contributed by atoms with Crippen molar-refractivity contribution in [1.82, 2.24) is 35.2 Å². The molecule has 2 aliphatic carbocycles. The number of anilines is 8. The number of carbonyl (C=O) groups excluding carboxylic acids is 1. The molecular weight excluding hydrogens is 1030 g/mol. The van der Waals surface area contributed by atoms with Crippen molar-refractivity contribution in [2.24, 2.45) is 11.8 Å². The third-order valence-electron chi connectivity index (χ3n) is 14.6. The van der Waals surface area contributed by atoms with E-state index in [4.69, 9.17) is 57.6 Å². The Hall–Kier alpha value is -5.17. The number of benzene rings is 3. The fourth-order valence-corrected chi connectivity index (χ4v) is 12.3. The predicted molar refractivity (Wildman–Crippen MR) is 312 cm³/mol. The summed E-state index contributed by atoms with van der Waals surface area (Å²) in [6.07, 6.45) is 13.8. The zero-order valence-electron chi connectivity index (χ0n) is 44.0. The number of hydrogen-bond donors (Lipinski definition) is 4. The summed E-state index contributed by atoms with van der Waals surface area (Å²) >= 11 is 16.8. The van der Waals surface area contributed by atoms with Crippen LogP contribution in [0, 0.1) is 11.8 Å². The van der Waals surface area contributed by atoms with Gasteiger partial charge in [0, 0.05) is 92.9 Å². The number of amides is 1. The minimum atomic E-state index is 0.00888. The van der Waals surface area contributed by atoms with Gasteiger partial charge in [-0.3, -0.25) is 4.79 Å². The Labute approximate surface area is 462 Å². The van der Waals surface area contributed by atoms with Gasteiger partial charge in [-0.2, -0.15) is 53.4 Å².